The van der Waals surface area contributed by atoms with Crippen molar-refractivity contribution in [1.82, 2.24) is 34.6 Å². The first kappa shape index (κ1) is 24.3. The highest BCUT2D eigenvalue weighted by Crippen LogP contribution is 2.37. The number of fused-ring (bicyclic) bond motifs is 1. The first-order chi connectivity index (χ1) is 15.9. The van der Waals surface area contributed by atoms with Gasteiger partial charge in [-0.15, -0.1) is 23.7 Å². The number of rotatable bonds is 6. The van der Waals surface area contributed by atoms with Crippen molar-refractivity contribution in [2.24, 2.45) is 0 Å². The van der Waals surface area contributed by atoms with Gasteiger partial charge < -0.3 is 5.11 Å². The van der Waals surface area contributed by atoms with E-state index in [4.69, 9.17) is 4.98 Å². The molecule has 1 aromatic carbocycles. The quantitative estimate of drug-likeness (QED) is 0.430. The molecule has 8 nitrogen and oxygen atoms in total. The van der Waals surface area contributed by atoms with Crippen LogP contribution in [0.1, 0.15) is 23.1 Å². The van der Waals surface area contributed by atoms with E-state index >= 15 is 0 Å². The second-order valence-electron chi connectivity index (χ2n) is 8.05. The van der Waals surface area contributed by atoms with Crippen LogP contribution in [0.15, 0.2) is 49.6 Å². The molecule has 12 heteroatoms. The topological polar surface area (TPSA) is 92.8 Å². The van der Waals surface area contributed by atoms with E-state index in [0.717, 1.165) is 33.3 Å². The largest absolute Gasteiger partial charge is 0.381 e. The Morgan fingerprint density at radius 1 is 1.18 bits per heavy atom. The van der Waals surface area contributed by atoms with Crippen molar-refractivity contribution in [1.29, 1.82) is 0 Å². The second kappa shape index (κ2) is 9.79. The normalized spacial score (nSPS) is 16.4. The number of hydrogen-bond donors (Lipinski definition) is 1. The zero-order chi connectivity index (χ0) is 23.0. The summed E-state index contributed by atoms with van der Waals surface area (Å²) in [4.78, 5) is 20.0. The van der Waals surface area contributed by atoms with Crippen LogP contribution in [0.2, 0.25) is 0 Å². The molecule has 0 amide bonds. The number of aliphatic hydroxyl groups is 1. The summed E-state index contributed by atoms with van der Waals surface area (Å²) < 4.78 is 29.9. The Labute approximate surface area is 204 Å². The van der Waals surface area contributed by atoms with Crippen LogP contribution >= 0.6 is 23.7 Å². The van der Waals surface area contributed by atoms with Crippen molar-refractivity contribution < 1.29 is 13.9 Å². The number of hydrogen-bond acceptors (Lipinski definition) is 8. The van der Waals surface area contributed by atoms with Gasteiger partial charge in [0.15, 0.2) is 0 Å². The molecular weight excluding hydrogens is 484 g/mol. The Balaban J connectivity index is 0.00000274. The highest BCUT2D eigenvalue weighted by Gasteiger charge is 2.43. The van der Waals surface area contributed by atoms with E-state index in [9.17, 15) is 13.9 Å². The molecule has 1 aliphatic heterocycles. The van der Waals surface area contributed by atoms with E-state index in [0.29, 0.717) is 19.5 Å². The maximum Gasteiger partial charge on any atom is 0.137 e. The molecule has 0 radical (unpaired) electrons. The van der Waals surface area contributed by atoms with Gasteiger partial charge in [0, 0.05) is 60.0 Å². The van der Waals surface area contributed by atoms with Gasteiger partial charge in [0.1, 0.15) is 41.2 Å². The number of benzene rings is 1. The number of nitrogens with zero attached hydrogens (tertiary/aromatic N) is 7. The average molecular weight is 506 g/mol. The maximum atomic E-state index is 14.8. The monoisotopic (exact) mass is 505 g/mol. The molecule has 1 N–H and O–H groups in total. The van der Waals surface area contributed by atoms with Crippen LogP contribution in [0.4, 0.5) is 8.78 Å². The zero-order valence-electron chi connectivity index (χ0n) is 18.2. The summed E-state index contributed by atoms with van der Waals surface area (Å²) in [6.07, 6.45) is 8.44. The van der Waals surface area contributed by atoms with Crippen LogP contribution in [0.5, 0.6) is 0 Å². The predicted octanol–water partition coefficient (Wildman–Crippen LogP) is 3.23. The van der Waals surface area contributed by atoms with Crippen LogP contribution in [0.3, 0.4) is 0 Å². The predicted molar refractivity (Wildman–Crippen MR) is 124 cm³/mol. The molecule has 4 heterocycles. The van der Waals surface area contributed by atoms with Crippen molar-refractivity contribution >= 4 is 23.7 Å². The van der Waals surface area contributed by atoms with E-state index < -0.39 is 23.3 Å². The minimum atomic E-state index is -1.68. The Kier molecular flexibility index (Phi) is 6.99. The lowest BCUT2D eigenvalue weighted by Crippen LogP contribution is -2.53. The van der Waals surface area contributed by atoms with Crippen molar-refractivity contribution in [2.75, 3.05) is 6.54 Å². The summed E-state index contributed by atoms with van der Waals surface area (Å²) in [6.45, 7) is 2.99. The molecular formula is C22H22ClF2N7OS. The molecule has 0 bridgehead atoms. The fourth-order valence-electron chi connectivity index (χ4n) is 4.23. The molecule has 0 fully saturated rings. The fourth-order valence-corrected chi connectivity index (χ4v) is 5.33. The van der Waals surface area contributed by atoms with Gasteiger partial charge in [-0.2, -0.15) is 5.10 Å². The molecule has 34 heavy (non-hydrogen) atoms. The van der Waals surface area contributed by atoms with Gasteiger partial charge in [-0.05, 0) is 13.0 Å². The van der Waals surface area contributed by atoms with Gasteiger partial charge in [-0.1, -0.05) is 6.07 Å². The van der Waals surface area contributed by atoms with E-state index in [1.807, 2.05) is 6.92 Å². The van der Waals surface area contributed by atoms with Gasteiger partial charge >= 0.3 is 0 Å². The summed E-state index contributed by atoms with van der Waals surface area (Å²) in [7, 11) is 0. The number of thiazole rings is 1. The Morgan fingerprint density at radius 2 is 1.97 bits per heavy atom. The molecule has 5 rings (SSSR count). The van der Waals surface area contributed by atoms with Crippen LogP contribution in [0.25, 0.3) is 10.6 Å². The Hall–Kier alpha value is -2.86. The highest BCUT2D eigenvalue weighted by atomic mass is 35.5. The van der Waals surface area contributed by atoms with E-state index in [2.05, 4.69) is 25.0 Å². The maximum absolute atomic E-state index is 14.8. The SMILES string of the molecule is C[C@@H](N1CCc2nc(-c3cncnc3)sc2C1)[C@](O)(Cn1cncn1)c1ccc(F)cc1F.Cl. The minimum absolute atomic E-state index is 0. The first-order valence-corrected chi connectivity index (χ1v) is 11.2. The summed E-state index contributed by atoms with van der Waals surface area (Å²) in [5.74, 6) is -1.50. The van der Waals surface area contributed by atoms with Gasteiger partial charge in [-0.3, -0.25) is 4.90 Å². The minimum Gasteiger partial charge on any atom is -0.381 e. The highest BCUT2D eigenvalue weighted by molar-refractivity contribution is 7.15. The first-order valence-electron chi connectivity index (χ1n) is 10.4. The fraction of sp³-hybridized carbons (Fsp3) is 0.318. The molecule has 0 unspecified atom stereocenters. The summed E-state index contributed by atoms with van der Waals surface area (Å²) in [6, 6.07) is 2.73. The molecule has 3 aromatic heterocycles. The van der Waals surface area contributed by atoms with Gasteiger partial charge in [0.05, 0.1) is 12.2 Å². The standard InChI is InChI=1S/C22H21F2N7OS.ClH/c1-14(22(32,10-31-13-27-12-28-31)17-3-2-16(23)6-18(17)24)30-5-4-19-20(9-30)33-21(29-19)15-7-25-11-26-8-15;/h2-3,6-8,11-14,32H,4-5,9-10H2,1H3;1H/t14-,22-;/m1./s1. The van der Waals surface area contributed by atoms with Crippen molar-refractivity contribution in [3.05, 3.63) is 77.3 Å². The van der Waals surface area contributed by atoms with E-state index in [1.165, 1.54) is 29.7 Å². The summed E-state index contributed by atoms with van der Waals surface area (Å²) >= 11 is 1.56. The van der Waals surface area contributed by atoms with E-state index in [-0.39, 0.29) is 24.5 Å². The molecule has 0 spiro atoms. The third-order valence-corrected chi connectivity index (χ3v) is 7.21. The average Bonchev–Trinajstić information content (AvgIpc) is 3.48. The zero-order valence-corrected chi connectivity index (χ0v) is 19.8. The van der Waals surface area contributed by atoms with Gasteiger partial charge in [0.2, 0.25) is 0 Å². The molecule has 2 atom stereocenters. The van der Waals surface area contributed by atoms with Gasteiger partial charge in [0.25, 0.3) is 0 Å². The van der Waals surface area contributed by atoms with E-state index in [1.54, 1.807) is 23.7 Å². The Bertz CT molecular complexity index is 1260. The summed E-state index contributed by atoms with van der Waals surface area (Å²) in [5, 5.41) is 16.8. The van der Waals surface area contributed by atoms with Crippen LogP contribution < -0.4 is 0 Å². The molecule has 0 aliphatic carbocycles. The van der Waals surface area contributed by atoms with Gasteiger partial charge in [-0.25, -0.2) is 33.4 Å². The number of halogens is 3. The lowest BCUT2D eigenvalue weighted by atomic mass is 9.85. The van der Waals surface area contributed by atoms with Crippen LogP contribution in [-0.2, 0) is 25.1 Å². The molecule has 0 saturated heterocycles. The molecule has 1 aliphatic rings. The van der Waals surface area contributed by atoms with Crippen molar-refractivity contribution in [3.8, 4) is 10.6 Å². The van der Waals surface area contributed by atoms with Crippen LogP contribution in [0, 0.1) is 11.6 Å². The van der Waals surface area contributed by atoms with Crippen molar-refractivity contribution in [2.45, 2.75) is 38.1 Å². The number of aromatic nitrogens is 6. The lowest BCUT2D eigenvalue weighted by Gasteiger charge is -2.42. The third kappa shape index (κ3) is 4.56. The molecule has 4 aromatic rings. The third-order valence-electron chi connectivity index (χ3n) is 6.07. The lowest BCUT2D eigenvalue weighted by molar-refractivity contribution is -0.0675. The molecule has 178 valence electrons. The smallest absolute Gasteiger partial charge is 0.137 e. The van der Waals surface area contributed by atoms with Crippen LogP contribution in [-0.4, -0.2) is 52.3 Å². The second-order valence-corrected chi connectivity index (χ2v) is 9.14. The molecule has 0 saturated carbocycles. The summed E-state index contributed by atoms with van der Waals surface area (Å²) in [5.41, 5.74) is 0.204. The Morgan fingerprint density at radius 3 is 2.68 bits per heavy atom. The van der Waals surface area contributed by atoms with Crippen molar-refractivity contribution in [3.63, 3.8) is 0 Å².